The van der Waals surface area contributed by atoms with Crippen molar-refractivity contribution in [2.45, 2.75) is 6.54 Å². The standard InChI is InChI=1S/C11H12N4O/c12-7-3-4-8-15-11(16)9-5-1-2-6-10(9)13-14-15/h1-6H,7-8,12H2. The van der Waals surface area contributed by atoms with E-state index in [0.717, 1.165) is 0 Å². The minimum atomic E-state index is -0.132. The van der Waals surface area contributed by atoms with Crippen LogP contribution in [0.1, 0.15) is 0 Å². The Morgan fingerprint density at radius 1 is 1.31 bits per heavy atom. The van der Waals surface area contributed by atoms with E-state index in [9.17, 15) is 4.79 Å². The zero-order chi connectivity index (χ0) is 11.4. The third kappa shape index (κ3) is 1.99. The molecule has 0 atom stereocenters. The molecule has 0 unspecified atom stereocenters. The fourth-order valence-electron chi connectivity index (χ4n) is 1.41. The second kappa shape index (κ2) is 4.67. The van der Waals surface area contributed by atoms with Crippen molar-refractivity contribution >= 4 is 10.9 Å². The summed E-state index contributed by atoms with van der Waals surface area (Å²) in [7, 11) is 0. The van der Waals surface area contributed by atoms with Gasteiger partial charge in [0.25, 0.3) is 5.56 Å². The van der Waals surface area contributed by atoms with Gasteiger partial charge in [-0.1, -0.05) is 29.5 Å². The summed E-state index contributed by atoms with van der Waals surface area (Å²) in [5, 5.41) is 8.39. The number of nitrogens with zero attached hydrogens (tertiary/aromatic N) is 3. The first-order chi connectivity index (χ1) is 7.83. The summed E-state index contributed by atoms with van der Waals surface area (Å²) in [6.45, 7) is 0.851. The van der Waals surface area contributed by atoms with Crippen LogP contribution < -0.4 is 11.3 Å². The highest BCUT2D eigenvalue weighted by Gasteiger charge is 2.02. The van der Waals surface area contributed by atoms with E-state index < -0.39 is 0 Å². The van der Waals surface area contributed by atoms with Gasteiger partial charge < -0.3 is 5.73 Å². The third-order valence-electron chi connectivity index (χ3n) is 2.21. The molecule has 0 radical (unpaired) electrons. The predicted octanol–water partition coefficient (Wildman–Crippen LogP) is 0.306. The van der Waals surface area contributed by atoms with E-state index in [1.54, 1.807) is 24.3 Å². The van der Waals surface area contributed by atoms with Crippen molar-refractivity contribution in [3.63, 3.8) is 0 Å². The summed E-state index contributed by atoms with van der Waals surface area (Å²) < 4.78 is 1.31. The number of hydrogen-bond donors (Lipinski definition) is 1. The molecule has 0 saturated carbocycles. The van der Waals surface area contributed by atoms with Crippen LogP contribution in [-0.4, -0.2) is 21.5 Å². The zero-order valence-electron chi connectivity index (χ0n) is 8.71. The van der Waals surface area contributed by atoms with E-state index in [2.05, 4.69) is 10.3 Å². The smallest absolute Gasteiger partial charge is 0.277 e. The minimum absolute atomic E-state index is 0.132. The Morgan fingerprint density at radius 2 is 2.12 bits per heavy atom. The normalized spacial score (nSPS) is 11.3. The first-order valence-corrected chi connectivity index (χ1v) is 5.00. The zero-order valence-corrected chi connectivity index (χ0v) is 8.71. The number of benzene rings is 1. The molecule has 0 aliphatic heterocycles. The van der Waals surface area contributed by atoms with E-state index in [1.165, 1.54) is 4.68 Å². The maximum Gasteiger partial charge on any atom is 0.277 e. The summed E-state index contributed by atoms with van der Waals surface area (Å²) in [5.74, 6) is 0. The number of rotatable bonds is 3. The molecule has 2 rings (SSSR count). The van der Waals surface area contributed by atoms with E-state index in [1.807, 2.05) is 12.1 Å². The average Bonchev–Trinajstić information content (AvgIpc) is 2.33. The topological polar surface area (TPSA) is 73.8 Å². The van der Waals surface area contributed by atoms with Crippen molar-refractivity contribution in [3.05, 3.63) is 46.8 Å². The Bertz CT molecular complexity index is 573. The van der Waals surface area contributed by atoms with Crippen molar-refractivity contribution in [1.82, 2.24) is 15.0 Å². The first-order valence-electron chi connectivity index (χ1n) is 5.00. The van der Waals surface area contributed by atoms with Gasteiger partial charge in [0.05, 0.1) is 11.9 Å². The molecule has 1 heterocycles. The molecule has 0 saturated heterocycles. The van der Waals surface area contributed by atoms with Gasteiger partial charge in [-0.05, 0) is 12.1 Å². The number of nitrogens with two attached hydrogens (primary N) is 1. The Balaban J connectivity index is 2.45. The van der Waals surface area contributed by atoms with Gasteiger partial charge in [-0.3, -0.25) is 4.79 Å². The van der Waals surface area contributed by atoms with Gasteiger partial charge in [0.2, 0.25) is 0 Å². The molecule has 2 N–H and O–H groups in total. The van der Waals surface area contributed by atoms with Gasteiger partial charge in [0, 0.05) is 6.54 Å². The third-order valence-corrected chi connectivity index (χ3v) is 2.21. The molecule has 1 aromatic heterocycles. The molecule has 0 spiro atoms. The molecule has 2 aromatic rings. The highest BCUT2D eigenvalue weighted by Crippen LogP contribution is 2.02. The monoisotopic (exact) mass is 216 g/mol. The molecule has 82 valence electrons. The summed E-state index contributed by atoms with van der Waals surface area (Å²) in [6, 6.07) is 7.15. The SMILES string of the molecule is NCC=CCn1nnc2ccccc2c1=O. The summed E-state index contributed by atoms with van der Waals surface area (Å²) in [4.78, 5) is 11.9. The van der Waals surface area contributed by atoms with Crippen LogP contribution in [0.5, 0.6) is 0 Å². The van der Waals surface area contributed by atoms with E-state index >= 15 is 0 Å². The fourth-order valence-corrected chi connectivity index (χ4v) is 1.41. The predicted molar refractivity (Wildman–Crippen MR) is 62.0 cm³/mol. The number of aromatic nitrogens is 3. The van der Waals surface area contributed by atoms with Crippen molar-refractivity contribution < 1.29 is 0 Å². The Hall–Kier alpha value is -2.01. The average molecular weight is 216 g/mol. The quantitative estimate of drug-likeness (QED) is 0.749. The van der Waals surface area contributed by atoms with Gasteiger partial charge >= 0.3 is 0 Å². The lowest BCUT2D eigenvalue weighted by Gasteiger charge is -2.00. The number of allylic oxidation sites excluding steroid dienone is 1. The number of hydrogen-bond acceptors (Lipinski definition) is 4. The largest absolute Gasteiger partial charge is 0.327 e. The maximum absolute atomic E-state index is 11.9. The fraction of sp³-hybridized carbons (Fsp3) is 0.182. The molecular weight excluding hydrogens is 204 g/mol. The Labute approximate surface area is 92.2 Å². The number of fused-ring (bicyclic) bond motifs is 1. The van der Waals surface area contributed by atoms with Crippen molar-refractivity contribution in [2.75, 3.05) is 6.54 Å². The molecule has 0 amide bonds. The second-order valence-electron chi connectivity index (χ2n) is 3.30. The lowest BCUT2D eigenvalue weighted by atomic mass is 10.2. The molecule has 0 aliphatic rings. The van der Waals surface area contributed by atoms with Crippen LogP contribution in [0.4, 0.5) is 0 Å². The molecule has 1 aromatic carbocycles. The molecule has 5 nitrogen and oxygen atoms in total. The summed E-state index contributed by atoms with van der Waals surface area (Å²) in [6.07, 6.45) is 3.58. The minimum Gasteiger partial charge on any atom is -0.327 e. The molecule has 5 heteroatoms. The van der Waals surface area contributed by atoms with Gasteiger partial charge in [-0.2, -0.15) is 0 Å². The molecular formula is C11H12N4O. The first kappa shape index (κ1) is 10.5. The van der Waals surface area contributed by atoms with E-state index in [-0.39, 0.29) is 5.56 Å². The molecule has 0 fully saturated rings. The van der Waals surface area contributed by atoms with Gasteiger partial charge in [0.1, 0.15) is 5.52 Å². The summed E-state index contributed by atoms with van der Waals surface area (Å²) >= 11 is 0. The van der Waals surface area contributed by atoms with E-state index in [0.29, 0.717) is 24.0 Å². The van der Waals surface area contributed by atoms with E-state index in [4.69, 9.17) is 5.73 Å². The summed E-state index contributed by atoms with van der Waals surface area (Å²) in [5.41, 5.74) is 5.80. The molecule has 0 aliphatic carbocycles. The van der Waals surface area contributed by atoms with Crippen LogP contribution in [0.25, 0.3) is 10.9 Å². The van der Waals surface area contributed by atoms with Gasteiger partial charge in [0.15, 0.2) is 0 Å². The van der Waals surface area contributed by atoms with Gasteiger partial charge in [-0.15, -0.1) is 5.10 Å². The van der Waals surface area contributed by atoms with Crippen molar-refractivity contribution in [3.8, 4) is 0 Å². The highest BCUT2D eigenvalue weighted by atomic mass is 16.1. The van der Waals surface area contributed by atoms with Crippen LogP contribution in [0.3, 0.4) is 0 Å². The van der Waals surface area contributed by atoms with Crippen LogP contribution in [0, 0.1) is 0 Å². The van der Waals surface area contributed by atoms with Crippen molar-refractivity contribution in [1.29, 1.82) is 0 Å². The van der Waals surface area contributed by atoms with Crippen LogP contribution in [0.15, 0.2) is 41.2 Å². The maximum atomic E-state index is 11.9. The van der Waals surface area contributed by atoms with Crippen LogP contribution >= 0.6 is 0 Å². The van der Waals surface area contributed by atoms with Crippen LogP contribution in [0.2, 0.25) is 0 Å². The van der Waals surface area contributed by atoms with Crippen molar-refractivity contribution in [2.24, 2.45) is 5.73 Å². The highest BCUT2D eigenvalue weighted by molar-refractivity contribution is 5.76. The Morgan fingerprint density at radius 3 is 2.94 bits per heavy atom. The van der Waals surface area contributed by atoms with Gasteiger partial charge in [-0.25, -0.2) is 4.68 Å². The molecule has 16 heavy (non-hydrogen) atoms. The second-order valence-corrected chi connectivity index (χ2v) is 3.30. The lowest BCUT2D eigenvalue weighted by molar-refractivity contribution is 0.610. The Kier molecular flexibility index (Phi) is 3.07. The van der Waals surface area contributed by atoms with Crippen LogP contribution in [-0.2, 0) is 6.54 Å². The molecule has 0 bridgehead atoms. The lowest BCUT2D eigenvalue weighted by Crippen LogP contribution is -2.23.